The summed E-state index contributed by atoms with van der Waals surface area (Å²) in [5, 5.41) is 2.52. The van der Waals surface area contributed by atoms with Crippen molar-refractivity contribution in [3.8, 4) is 5.75 Å². The van der Waals surface area contributed by atoms with Crippen molar-refractivity contribution in [2.24, 2.45) is 10.7 Å². The minimum Gasteiger partial charge on any atom is -0.410 e. The highest BCUT2D eigenvalue weighted by Gasteiger charge is 2.35. The smallest absolute Gasteiger partial charge is 0.410 e. The van der Waals surface area contributed by atoms with Gasteiger partial charge in [0.25, 0.3) is 0 Å². The number of nitrogens with one attached hydrogen (secondary N) is 1. The molecule has 2 heterocycles. The van der Waals surface area contributed by atoms with E-state index in [4.69, 9.17) is 10.5 Å². The lowest BCUT2D eigenvalue weighted by Crippen LogP contribution is -2.37. The van der Waals surface area contributed by atoms with E-state index in [1.807, 2.05) is 10.8 Å². The first kappa shape index (κ1) is 17.6. The third kappa shape index (κ3) is 3.46. The second kappa shape index (κ2) is 6.62. The molecule has 1 unspecified atom stereocenters. The Hall–Kier alpha value is -2.17. The molecular weight excluding hydrogens is 440 g/mol. The number of nitrogens with two attached hydrogens (primary N) is 1. The molecule has 1 atom stereocenters. The number of aromatic nitrogens is 2. The molecule has 3 N–H and O–H groups in total. The van der Waals surface area contributed by atoms with Crippen LogP contribution in [-0.4, -0.2) is 28.0 Å². The quantitative estimate of drug-likeness (QED) is 0.693. The number of fused-ring (bicyclic) bond motifs is 1. The van der Waals surface area contributed by atoms with Crippen LogP contribution >= 0.6 is 22.6 Å². The summed E-state index contributed by atoms with van der Waals surface area (Å²) < 4.78 is 22.3. The molecule has 1 aromatic carbocycles. The summed E-state index contributed by atoms with van der Waals surface area (Å²) in [7, 11) is 0. The molecule has 132 valence electrons. The molecule has 1 aliphatic rings. The van der Waals surface area contributed by atoms with Gasteiger partial charge in [0, 0.05) is 18.3 Å². The van der Waals surface area contributed by atoms with Crippen molar-refractivity contribution in [2.45, 2.75) is 25.9 Å². The Labute approximate surface area is 157 Å². The number of halogens is 2. The monoisotopic (exact) mass is 457 g/mol. The maximum atomic E-state index is 14.5. The lowest BCUT2D eigenvalue weighted by molar-refractivity contribution is 0.201. The zero-order valence-corrected chi connectivity index (χ0v) is 15.9. The number of nitrogens with zero attached hydrogens (tertiary/aromatic N) is 3. The Bertz CT molecular complexity index is 866. The van der Waals surface area contributed by atoms with Crippen LogP contribution in [0.4, 0.5) is 9.18 Å². The summed E-state index contributed by atoms with van der Waals surface area (Å²) in [5.41, 5.74) is 5.39. The first-order valence-electron chi connectivity index (χ1n) is 7.66. The maximum Gasteiger partial charge on any atom is 0.412 e. The van der Waals surface area contributed by atoms with Gasteiger partial charge in [-0.15, -0.1) is 0 Å². The van der Waals surface area contributed by atoms with E-state index in [0.717, 1.165) is 3.70 Å². The molecule has 0 radical (unpaired) electrons. The fourth-order valence-electron chi connectivity index (χ4n) is 2.81. The van der Waals surface area contributed by atoms with Gasteiger partial charge in [-0.1, -0.05) is 0 Å². The van der Waals surface area contributed by atoms with Gasteiger partial charge in [0.15, 0.2) is 11.7 Å². The Morgan fingerprint density at radius 3 is 3.04 bits per heavy atom. The van der Waals surface area contributed by atoms with Crippen LogP contribution in [0.3, 0.4) is 0 Å². The number of amides is 1. The molecule has 25 heavy (non-hydrogen) atoms. The van der Waals surface area contributed by atoms with E-state index in [2.05, 4.69) is 37.9 Å². The molecule has 0 spiro atoms. The maximum absolute atomic E-state index is 14.5. The average Bonchev–Trinajstić information content (AvgIpc) is 2.90. The number of hydrogen-bond acceptors (Lipinski definition) is 5. The number of carbonyl (C=O) groups is 1. The molecule has 1 aliphatic heterocycles. The van der Waals surface area contributed by atoms with Crippen molar-refractivity contribution >= 4 is 34.5 Å². The first-order valence-corrected chi connectivity index (χ1v) is 8.74. The Kier molecular flexibility index (Phi) is 4.67. The van der Waals surface area contributed by atoms with Gasteiger partial charge in [0.2, 0.25) is 0 Å². The van der Waals surface area contributed by atoms with Crippen molar-refractivity contribution in [3.63, 3.8) is 0 Å². The Morgan fingerprint density at radius 1 is 1.56 bits per heavy atom. The van der Waals surface area contributed by atoms with Crippen LogP contribution in [0.2, 0.25) is 0 Å². The van der Waals surface area contributed by atoms with Crippen LogP contribution in [0, 0.1) is 9.52 Å². The number of ether oxygens (including phenoxy) is 1. The van der Waals surface area contributed by atoms with Crippen molar-refractivity contribution in [1.82, 2.24) is 14.9 Å². The Balaban J connectivity index is 1.98. The van der Waals surface area contributed by atoms with Crippen molar-refractivity contribution in [2.75, 3.05) is 6.54 Å². The second-order valence-corrected chi connectivity index (χ2v) is 6.95. The zero-order chi connectivity index (χ0) is 18.2. The van der Waals surface area contributed by atoms with Gasteiger partial charge >= 0.3 is 6.09 Å². The number of benzene rings is 1. The molecule has 0 fully saturated rings. The van der Waals surface area contributed by atoms with Gasteiger partial charge < -0.3 is 20.4 Å². The van der Waals surface area contributed by atoms with Crippen LogP contribution < -0.4 is 15.8 Å². The van der Waals surface area contributed by atoms with Crippen molar-refractivity contribution < 1.29 is 13.9 Å². The minimum absolute atomic E-state index is 0.239. The molecule has 0 aliphatic carbocycles. The molecule has 0 saturated carbocycles. The van der Waals surface area contributed by atoms with Crippen molar-refractivity contribution in [1.29, 1.82) is 0 Å². The number of rotatable bonds is 3. The molecule has 3 rings (SSSR count). The van der Waals surface area contributed by atoms with E-state index >= 15 is 0 Å². The molecule has 0 saturated heterocycles. The lowest BCUT2D eigenvalue weighted by Gasteiger charge is -2.31. The molecule has 2 aromatic rings. The van der Waals surface area contributed by atoms with Crippen LogP contribution in [-0.2, 0) is 12.1 Å². The van der Waals surface area contributed by atoms with Crippen LogP contribution in [0.5, 0.6) is 5.75 Å². The van der Waals surface area contributed by atoms with Gasteiger partial charge in [-0.2, -0.15) is 0 Å². The van der Waals surface area contributed by atoms with Crippen LogP contribution in [0.1, 0.15) is 25.2 Å². The normalized spacial score (nSPS) is 19.1. The topological polar surface area (TPSA) is 94.5 Å². The summed E-state index contributed by atoms with van der Waals surface area (Å²) in [6.45, 7) is 4.37. The fourth-order valence-corrected chi connectivity index (χ4v) is 3.37. The number of hydrogen-bond donors (Lipinski definition) is 2. The number of carbonyl (C=O) groups excluding carboxylic acids is 1. The highest BCUT2D eigenvalue weighted by molar-refractivity contribution is 14.1. The van der Waals surface area contributed by atoms with E-state index in [0.29, 0.717) is 24.5 Å². The van der Waals surface area contributed by atoms with E-state index in [1.54, 1.807) is 13.8 Å². The zero-order valence-electron chi connectivity index (χ0n) is 13.7. The first-order chi connectivity index (χ1) is 11.8. The number of aliphatic imine (C=N–C) groups is 1. The van der Waals surface area contributed by atoms with E-state index < -0.39 is 17.4 Å². The van der Waals surface area contributed by atoms with Gasteiger partial charge in [-0.3, -0.25) is 4.99 Å². The summed E-state index contributed by atoms with van der Waals surface area (Å²) in [5.74, 6) is 0.604. The largest absolute Gasteiger partial charge is 0.412 e. The number of imidazole rings is 1. The average molecular weight is 457 g/mol. The predicted octanol–water partition coefficient (Wildman–Crippen LogP) is 2.37. The molecular formula is C16H17FIN5O2. The van der Waals surface area contributed by atoms with Crippen LogP contribution in [0.15, 0.2) is 29.4 Å². The van der Waals surface area contributed by atoms with Gasteiger partial charge in [0.05, 0.1) is 6.54 Å². The lowest BCUT2D eigenvalue weighted by atomic mass is 9.90. The third-order valence-corrected chi connectivity index (χ3v) is 4.39. The van der Waals surface area contributed by atoms with Gasteiger partial charge in [-0.25, -0.2) is 14.2 Å². The number of amidine groups is 1. The molecule has 1 aromatic heterocycles. The fraction of sp³-hybridized carbons (Fsp3) is 0.312. The molecule has 1 amide bonds. The molecule has 7 nitrogen and oxygen atoms in total. The third-order valence-electron chi connectivity index (χ3n) is 3.87. The standard InChI is InChI=1S/C16H17FIN5O2/c1-3-20-15(24)25-9-4-5-11(17)10(6-9)16(2)8-23-7-12(18)21-14(23)13(19)22-16/h4-7H,3,8H2,1-2H3,(H2,19,22)(H,20,24). The SMILES string of the molecule is CCNC(=O)Oc1ccc(F)c(C2(C)Cn3cc(I)nc3C(N)=N2)c1. The Morgan fingerprint density at radius 2 is 2.32 bits per heavy atom. The highest BCUT2D eigenvalue weighted by Crippen LogP contribution is 2.35. The molecule has 9 heteroatoms. The van der Waals surface area contributed by atoms with E-state index in [1.165, 1.54) is 18.2 Å². The summed E-state index contributed by atoms with van der Waals surface area (Å²) in [6.07, 6.45) is 1.24. The van der Waals surface area contributed by atoms with Gasteiger partial charge in [-0.05, 0) is 54.6 Å². The summed E-state index contributed by atoms with van der Waals surface area (Å²) >= 11 is 2.09. The highest BCUT2D eigenvalue weighted by atomic mass is 127. The molecule has 0 bridgehead atoms. The van der Waals surface area contributed by atoms with Crippen LogP contribution in [0.25, 0.3) is 0 Å². The summed E-state index contributed by atoms with van der Waals surface area (Å²) in [4.78, 5) is 20.4. The van der Waals surface area contributed by atoms with E-state index in [9.17, 15) is 9.18 Å². The minimum atomic E-state index is -0.939. The summed E-state index contributed by atoms with van der Waals surface area (Å²) in [6, 6.07) is 4.14. The van der Waals surface area contributed by atoms with Crippen molar-refractivity contribution in [3.05, 3.63) is 45.3 Å². The predicted molar refractivity (Wildman–Crippen MR) is 99.1 cm³/mol. The van der Waals surface area contributed by atoms with E-state index in [-0.39, 0.29) is 11.6 Å². The second-order valence-electron chi connectivity index (χ2n) is 5.85. The van der Waals surface area contributed by atoms with Gasteiger partial charge in [0.1, 0.15) is 20.8 Å².